The number of benzene rings is 6. The summed E-state index contributed by atoms with van der Waals surface area (Å²) in [5.41, 5.74) is 8.30. The van der Waals surface area contributed by atoms with Crippen molar-refractivity contribution in [3.8, 4) is 11.1 Å². The van der Waals surface area contributed by atoms with E-state index in [1.54, 1.807) is 53.4 Å². The molecule has 0 saturated heterocycles. The highest BCUT2D eigenvalue weighted by molar-refractivity contribution is 7.91. The molecule has 0 aromatic heterocycles. The lowest BCUT2D eigenvalue weighted by Crippen LogP contribution is -2.45. The highest BCUT2D eigenvalue weighted by atomic mass is 35.5. The van der Waals surface area contributed by atoms with Crippen molar-refractivity contribution in [3.63, 3.8) is 0 Å². The molecule has 8 rings (SSSR count). The number of carbonyl (C=O) groups excluding carboxylic acids is 3. The van der Waals surface area contributed by atoms with E-state index in [-0.39, 0.29) is 157 Å². The second-order valence-corrected chi connectivity index (χ2v) is 29.9. The monoisotopic (exact) mass is 1490 g/mol. The molecule has 6 aromatic rings. The van der Waals surface area contributed by atoms with Crippen molar-refractivity contribution in [2.75, 3.05) is 165 Å². The van der Waals surface area contributed by atoms with Crippen molar-refractivity contribution < 1.29 is 64.4 Å². The standard InChI is InChI=1S/C71H87Cl5N6O14S2/c1-80-45-63(61-41-57(73)43-67(75)65(61)47-80)54-7-3-9-59(39-54)97(86,87)38-6-25-91-30-32-92-26-20-77-70(84)49-82(23-29-95-35-37-96-36-31-90-24-5-11-69(83)53-14-12-51(13-15-53)52-16-18-56(72)19-17-52)50-71(85)78-21-27-93-33-34-94-28-22-79-98(88,89)60-10-4-8-55(40-60)64-46-81(2)48-66-62(64)42-58(74)44-68(66)76/h3-4,7-10,12-19,39-44,63-64,79H,5-6,11,20-38,45-50H2,1-2H3,(H,77,84)(H,78,85)/t63-,64-/m0/s1. The summed E-state index contributed by atoms with van der Waals surface area (Å²) in [6.45, 7) is 6.54. The Balaban J connectivity index is 0.688. The van der Waals surface area contributed by atoms with Crippen LogP contribution in [0.3, 0.4) is 0 Å². The van der Waals surface area contributed by atoms with Crippen LogP contribution in [-0.2, 0) is 75.7 Å². The summed E-state index contributed by atoms with van der Waals surface area (Å²) in [4.78, 5) is 45.4. The Morgan fingerprint density at radius 1 is 0.490 bits per heavy atom. The van der Waals surface area contributed by atoms with Gasteiger partial charge in [-0.2, -0.15) is 0 Å². The Hall–Kier alpha value is -5.16. The van der Waals surface area contributed by atoms with E-state index >= 15 is 0 Å². The van der Waals surface area contributed by atoms with Crippen molar-refractivity contribution in [2.24, 2.45) is 0 Å². The Morgan fingerprint density at radius 2 is 0.929 bits per heavy atom. The number of sulfone groups is 1. The number of hydrogen-bond acceptors (Lipinski definition) is 17. The number of ketones is 1. The molecule has 2 aliphatic heterocycles. The zero-order valence-electron chi connectivity index (χ0n) is 55.3. The van der Waals surface area contributed by atoms with E-state index in [1.165, 1.54) is 0 Å². The van der Waals surface area contributed by atoms with E-state index in [9.17, 15) is 31.2 Å². The summed E-state index contributed by atoms with van der Waals surface area (Å²) < 4.78 is 96.0. The molecule has 0 saturated carbocycles. The number of rotatable bonds is 43. The topological polar surface area (TPSA) is 230 Å². The third-order valence-electron chi connectivity index (χ3n) is 16.4. The Morgan fingerprint density at radius 3 is 1.45 bits per heavy atom. The molecule has 0 radical (unpaired) electrons. The first-order chi connectivity index (χ1) is 47.2. The summed E-state index contributed by atoms with van der Waals surface area (Å²) in [6.07, 6.45) is 1.21. The highest BCUT2D eigenvalue weighted by Crippen LogP contribution is 2.41. The number of nitrogens with zero attached hydrogens (tertiary/aromatic N) is 3. The third kappa shape index (κ3) is 25.4. The number of halogens is 5. The van der Waals surface area contributed by atoms with Crippen molar-refractivity contribution >= 4 is 95.5 Å². The van der Waals surface area contributed by atoms with Crippen LogP contribution in [0.5, 0.6) is 0 Å². The van der Waals surface area contributed by atoms with Crippen LogP contribution in [0.4, 0.5) is 0 Å². The lowest BCUT2D eigenvalue weighted by Gasteiger charge is -2.33. The fraction of sp³-hybridized carbons (Fsp3) is 0.451. The van der Waals surface area contributed by atoms with Crippen LogP contribution in [0, 0.1) is 0 Å². The molecule has 98 heavy (non-hydrogen) atoms. The predicted molar refractivity (Wildman–Crippen MR) is 383 cm³/mol. The molecular formula is C71H87Cl5N6O14S2. The van der Waals surface area contributed by atoms with E-state index in [4.69, 9.17) is 91.2 Å². The van der Waals surface area contributed by atoms with Crippen LogP contribution in [0.25, 0.3) is 11.1 Å². The first kappa shape index (κ1) is 78.6. The second kappa shape index (κ2) is 40.5. The van der Waals surface area contributed by atoms with E-state index < -0.39 is 19.9 Å². The quantitative estimate of drug-likeness (QED) is 0.0239. The van der Waals surface area contributed by atoms with Gasteiger partial charge in [0.1, 0.15) is 0 Å². The van der Waals surface area contributed by atoms with Crippen LogP contribution in [0.15, 0.2) is 131 Å². The third-order valence-corrected chi connectivity index (χ3v) is 21.0. The molecule has 3 N–H and O–H groups in total. The SMILES string of the molecule is CN1Cc2c(Cl)cc(Cl)cc2[C@H](c2cccc(S(=O)(=O)CCCOCCOCCNC(=O)CN(CCOCCOCCOCCCC(=O)c3ccc(-c4ccc(Cl)cc4)cc3)CC(=O)NCCOCCOCCNS(=O)(=O)c3cccc([C@@H]4CN(C)Cc5c(Cl)cc(Cl)cc54)c3)c2)C1. The smallest absolute Gasteiger partial charge is 0.240 e. The average Bonchev–Trinajstić information content (AvgIpc) is 0.780. The first-order valence-electron chi connectivity index (χ1n) is 32.7. The van der Waals surface area contributed by atoms with Crippen LogP contribution in [-0.4, -0.2) is 214 Å². The summed E-state index contributed by atoms with van der Waals surface area (Å²) in [5, 5.41) is 8.54. The molecule has 2 atom stereocenters. The molecule has 0 spiro atoms. The number of carbonyl (C=O) groups is 3. The number of amides is 2. The number of fused-ring (bicyclic) bond motifs is 2. The molecule has 20 nitrogen and oxygen atoms in total. The highest BCUT2D eigenvalue weighted by Gasteiger charge is 2.30. The fourth-order valence-corrected chi connectivity index (χ4v) is 15.2. The van der Waals surface area contributed by atoms with E-state index in [0.717, 1.165) is 44.5 Å². The zero-order valence-corrected chi connectivity index (χ0v) is 60.7. The summed E-state index contributed by atoms with van der Waals surface area (Å²) in [5.74, 6) is -0.940. The zero-order chi connectivity index (χ0) is 69.9. The van der Waals surface area contributed by atoms with Gasteiger partial charge < -0.3 is 53.6 Å². The van der Waals surface area contributed by atoms with Gasteiger partial charge in [-0.25, -0.2) is 21.6 Å². The molecule has 2 heterocycles. The maximum Gasteiger partial charge on any atom is 0.240 e. The molecule has 0 unspecified atom stereocenters. The maximum atomic E-state index is 13.5. The van der Waals surface area contributed by atoms with Gasteiger partial charge in [0.05, 0.1) is 108 Å². The Bertz CT molecular complexity index is 3610. The minimum absolute atomic E-state index is 0.0364. The van der Waals surface area contributed by atoms with Gasteiger partial charge in [0.25, 0.3) is 0 Å². The van der Waals surface area contributed by atoms with Crippen molar-refractivity contribution in [2.45, 2.75) is 54.0 Å². The molecule has 0 aliphatic carbocycles. The van der Waals surface area contributed by atoms with Gasteiger partial charge in [0.2, 0.25) is 21.8 Å². The van der Waals surface area contributed by atoms with Crippen molar-refractivity contribution in [3.05, 3.63) is 185 Å². The summed E-state index contributed by atoms with van der Waals surface area (Å²) in [6, 6.07) is 36.2. The van der Waals surface area contributed by atoms with Gasteiger partial charge in [0, 0.05) is 115 Å². The summed E-state index contributed by atoms with van der Waals surface area (Å²) >= 11 is 31.9. The van der Waals surface area contributed by atoms with Gasteiger partial charge in [-0.15, -0.1) is 0 Å². The lowest BCUT2D eigenvalue weighted by molar-refractivity contribution is -0.125. The largest absolute Gasteiger partial charge is 0.379 e. The normalized spacial score (nSPS) is 15.1. The van der Waals surface area contributed by atoms with Crippen LogP contribution < -0.4 is 15.4 Å². The molecule has 27 heteroatoms. The molecule has 0 bridgehead atoms. The van der Waals surface area contributed by atoms with Gasteiger partial charge in [-0.3, -0.25) is 19.3 Å². The number of ether oxygens (including phenoxy) is 7. The molecule has 2 aliphatic rings. The number of Topliss-reactive ketones (excluding diaryl/α,β-unsaturated/α-hetero) is 1. The molecule has 532 valence electrons. The lowest BCUT2D eigenvalue weighted by atomic mass is 9.85. The Labute approximate surface area is 601 Å². The molecule has 0 fully saturated rings. The number of nitrogens with one attached hydrogen (secondary N) is 3. The fourth-order valence-electron chi connectivity index (χ4n) is 11.5. The predicted octanol–water partition coefficient (Wildman–Crippen LogP) is 10.2. The maximum absolute atomic E-state index is 13.5. The van der Waals surface area contributed by atoms with E-state index in [1.807, 2.05) is 86.9 Å². The van der Waals surface area contributed by atoms with Crippen molar-refractivity contribution in [1.82, 2.24) is 30.1 Å². The van der Waals surface area contributed by atoms with Gasteiger partial charge in [-0.05, 0) is 132 Å². The second-order valence-electron chi connectivity index (χ2n) is 23.9. The van der Waals surface area contributed by atoms with E-state index in [2.05, 4.69) is 25.2 Å². The Kier molecular flexibility index (Phi) is 32.4. The minimum Gasteiger partial charge on any atom is -0.379 e. The number of hydrogen-bond donors (Lipinski definition) is 3. The van der Waals surface area contributed by atoms with Crippen LogP contribution >= 0.6 is 58.0 Å². The van der Waals surface area contributed by atoms with E-state index in [0.29, 0.717) is 96.1 Å². The minimum atomic E-state index is -3.86. The van der Waals surface area contributed by atoms with Crippen molar-refractivity contribution in [1.29, 1.82) is 0 Å². The first-order valence-corrected chi connectivity index (χ1v) is 37.7. The number of likely N-dealkylation sites (N-methyl/N-ethyl adjacent to an activating group) is 2. The molecule has 2 amide bonds. The van der Waals surface area contributed by atoms with Gasteiger partial charge in [0.15, 0.2) is 15.6 Å². The average molecular weight is 1490 g/mol. The van der Waals surface area contributed by atoms with Crippen LogP contribution in [0.1, 0.15) is 74.8 Å². The van der Waals surface area contributed by atoms with Gasteiger partial charge in [-0.1, -0.05) is 119 Å². The molecule has 6 aromatic carbocycles. The summed E-state index contributed by atoms with van der Waals surface area (Å²) in [7, 11) is -3.46. The molecular weight excluding hydrogens is 1400 g/mol. The van der Waals surface area contributed by atoms with Gasteiger partial charge >= 0.3 is 0 Å². The number of sulfonamides is 1. The van der Waals surface area contributed by atoms with Crippen LogP contribution in [0.2, 0.25) is 25.1 Å².